The topological polar surface area (TPSA) is 89.0 Å². The van der Waals surface area contributed by atoms with E-state index >= 15 is 0 Å². The molecule has 29 heavy (non-hydrogen) atoms. The molecule has 0 saturated carbocycles. The van der Waals surface area contributed by atoms with Crippen LogP contribution in [0.25, 0.3) is 5.76 Å². The third-order valence-corrected chi connectivity index (χ3v) is 4.97. The number of aromatic nitrogens is 1. The minimum Gasteiger partial charge on any atom is -0.507 e. The summed E-state index contributed by atoms with van der Waals surface area (Å²) in [5, 5.41) is 11.0. The molecule has 0 spiro atoms. The monoisotopic (exact) mass is 396 g/mol. The van der Waals surface area contributed by atoms with Gasteiger partial charge in [-0.05, 0) is 24.6 Å². The number of unbranched alkanes of at least 4 members (excludes halogenated alkanes) is 1. The fourth-order valence-corrected chi connectivity index (χ4v) is 3.56. The standard InChI is InChI=1S/C22H24N2O5/c1-4-5-13-24-18(15-7-6-8-16(28-2)21(15)29-3)17(20(26)22(24)27)19(25)14-9-11-23-12-10-14/h6-12,18,25H,4-5,13H2,1-3H3/b19-17+. The first-order chi connectivity index (χ1) is 14.0. The molecular weight excluding hydrogens is 372 g/mol. The molecule has 1 atom stereocenters. The molecule has 152 valence electrons. The summed E-state index contributed by atoms with van der Waals surface area (Å²) >= 11 is 0. The SMILES string of the molecule is CCCCN1C(=O)C(=O)/C(=C(/O)c2ccncc2)C1c1cccc(OC)c1OC. The molecule has 7 nitrogen and oxygen atoms in total. The lowest BCUT2D eigenvalue weighted by molar-refractivity contribution is -0.139. The molecule has 2 aromatic rings. The summed E-state index contributed by atoms with van der Waals surface area (Å²) < 4.78 is 10.9. The second kappa shape index (κ2) is 8.77. The quantitative estimate of drug-likeness (QED) is 0.439. The predicted octanol–water partition coefficient (Wildman–Crippen LogP) is 3.32. The van der Waals surface area contributed by atoms with Crippen LogP contribution in [0.15, 0.2) is 48.3 Å². The van der Waals surface area contributed by atoms with Crippen LogP contribution in [0.5, 0.6) is 11.5 Å². The molecule has 1 amide bonds. The molecule has 0 radical (unpaired) electrons. The van der Waals surface area contributed by atoms with Gasteiger partial charge in [-0.15, -0.1) is 0 Å². The Kier molecular flexibility index (Phi) is 6.16. The van der Waals surface area contributed by atoms with E-state index in [9.17, 15) is 14.7 Å². The smallest absolute Gasteiger partial charge is 0.295 e. The summed E-state index contributed by atoms with van der Waals surface area (Å²) in [6.45, 7) is 2.40. The van der Waals surface area contributed by atoms with Crippen LogP contribution >= 0.6 is 0 Å². The number of hydrogen-bond donors (Lipinski definition) is 1. The summed E-state index contributed by atoms with van der Waals surface area (Å²) in [5.41, 5.74) is 1.03. The lowest BCUT2D eigenvalue weighted by Crippen LogP contribution is -2.30. The third kappa shape index (κ3) is 3.68. The molecule has 1 saturated heterocycles. The maximum Gasteiger partial charge on any atom is 0.295 e. The highest BCUT2D eigenvalue weighted by Crippen LogP contribution is 2.45. The molecule has 1 fully saturated rings. The number of ketones is 1. The molecule has 1 N–H and O–H groups in total. The number of methoxy groups -OCH3 is 2. The van der Waals surface area contributed by atoms with Crippen molar-refractivity contribution in [3.63, 3.8) is 0 Å². The van der Waals surface area contributed by atoms with Gasteiger partial charge >= 0.3 is 0 Å². The van der Waals surface area contributed by atoms with Crippen LogP contribution in [-0.2, 0) is 9.59 Å². The molecule has 0 aliphatic carbocycles. The van der Waals surface area contributed by atoms with E-state index in [-0.39, 0.29) is 11.3 Å². The maximum absolute atomic E-state index is 12.9. The van der Waals surface area contributed by atoms with Gasteiger partial charge in [-0.1, -0.05) is 25.5 Å². The number of pyridine rings is 1. The normalized spacial score (nSPS) is 18.2. The Labute approximate surface area is 169 Å². The van der Waals surface area contributed by atoms with E-state index in [1.165, 1.54) is 31.5 Å². The van der Waals surface area contributed by atoms with Crippen LogP contribution in [-0.4, -0.2) is 47.4 Å². The van der Waals surface area contributed by atoms with E-state index < -0.39 is 17.7 Å². The number of rotatable bonds is 7. The van der Waals surface area contributed by atoms with Crippen molar-refractivity contribution < 1.29 is 24.2 Å². The lowest BCUT2D eigenvalue weighted by atomic mass is 9.94. The van der Waals surface area contributed by atoms with Gasteiger partial charge in [0.2, 0.25) is 0 Å². The van der Waals surface area contributed by atoms with Gasteiger partial charge in [-0.25, -0.2) is 0 Å². The number of carbonyl (C=O) groups excluding carboxylic acids is 2. The fraction of sp³-hybridized carbons (Fsp3) is 0.318. The minimum absolute atomic E-state index is 0.0313. The Morgan fingerprint density at radius 3 is 2.48 bits per heavy atom. The molecule has 3 rings (SSSR count). The summed E-state index contributed by atoms with van der Waals surface area (Å²) in [4.78, 5) is 31.2. The van der Waals surface area contributed by atoms with Crippen molar-refractivity contribution in [2.75, 3.05) is 20.8 Å². The zero-order valence-corrected chi connectivity index (χ0v) is 16.7. The van der Waals surface area contributed by atoms with E-state index in [0.717, 1.165) is 12.8 Å². The number of amides is 1. The first-order valence-electron chi connectivity index (χ1n) is 9.44. The molecule has 1 aliphatic rings. The summed E-state index contributed by atoms with van der Waals surface area (Å²) in [6.07, 6.45) is 4.62. The van der Waals surface area contributed by atoms with Crippen molar-refractivity contribution in [2.24, 2.45) is 0 Å². The second-order valence-corrected chi connectivity index (χ2v) is 6.66. The summed E-state index contributed by atoms with van der Waals surface area (Å²) in [6, 6.07) is 7.69. The van der Waals surface area contributed by atoms with Crippen LogP contribution in [0.2, 0.25) is 0 Å². The van der Waals surface area contributed by atoms with Gasteiger partial charge in [0, 0.05) is 30.1 Å². The molecule has 1 aromatic heterocycles. The van der Waals surface area contributed by atoms with Gasteiger partial charge in [0.25, 0.3) is 11.7 Å². The van der Waals surface area contributed by atoms with Crippen molar-refractivity contribution in [1.82, 2.24) is 9.88 Å². The zero-order chi connectivity index (χ0) is 21.0. The number of benzene rings is 1. The molecule has 1 aromatic carbocycles. The average molecular weight is 396 g/mol. The maximum atomic E-state index is 12.9. The molecule has 7 heteroatoms. The Morgan fingerprint density at radius 2 is 1.86 bits per heavy atom. The van der Waals surface area contributed by atoms with Gasteiger partial charge in [-0.3, -0.25) is 14.6 Å². The summed E-state index contributed by atoms with van der Waals surface area (Å²) in [5.74, 6) is -0.687. The highest BCUT2D eigenvalue weighted by molar-refractivity contribution is 6.46. The number of carbonyl (C=O) groups is 2. The van der Waals surface area contributed by atoms with Crippen LogP contribution < -0.4 is 9.47 Å². The van der Waals surface area contributed by atoms with E-state index in [0.29, 0.717) is 29.2 Å². The third-order valence-electron chi connectivity index (χ3n) is 4.97. The molecule has 1 unspecified atom stereocenters. The zero-order valence-electron chi connectivity index (χ0n) is 16.7. The first kappa shape index (κ1) is 20.4. The highest BCUT2D eigenvalue weighted by atomic mass is 16.5. The molecule has 0 bridgehead atoms. The molecular formula is C22H24N2O5. The Morgan fingerprint density at radius 1 is 1.14 bits per heavy atom. The predicted molar refractivity (Wildman–Crippen MR) is 108 cm³/mol. The van der Waals surface area contributed by atoms with Gasteiger partial charge < -0.3 is 19.5 Å². The van der Waals surface area contributed by atoms with Crippen LogP contribution in [0, 0.1) is 0 Å². The lowest BCUT2D eigenvalue weighted by Gasteiger charge is -2.27. The minimum atomic E-state index is -0.778. The van der Waals surface area contributed by atoms with Crippen molar-refractivity contribution in [3.05, 3.63) is 59.4 Å². The van der Waals surface area contributed by atoms with E-state index in [1.54, 1.807) is 30.3 Å². The van der Waals surface area contributed by atoms with Gasteiger partial charge in [-0.2, -0.15) is 0 Å². The second-order valence-electron chi connectivity index (χ2n) is 6.66. The molecule has 2 heterocycles. The number of aliphatic hydroxyl groups excluding tert-OH is 1. The van der Waals surface area contributed by atoms with Crippen LogP contribution in [0.1, 0.15) is 36.9 Å². The van der Waals surface area contributed by atoms with Crippen LogP contribution in [0.3, 0.4) is 0 Å². The average Bonchev–Trinajstić information content (AvgIpc) is 3.01. The highest BCUT2D eigenvalue weighted by Gasteiger charge is 2.47. The van der Waals surface area contributed by atoms with Gasteiger partial charge in [0.05, 0.1) is 25.8 Å². The largest absolute Gasteiger partial charge is 0.507 e. The number of aliphatic hydroxyl groups is 1. The Balaban J connectivity index is 2.25. The Bertz CT molecular complexity index is 939. The van der Waals surface area contributed by atoms with Crippen molar-refractivity contribution in [3.8, 4) is 11.5 Å². The van der Waals surface area contributed by atoms with E-state index in [4.69, 9.17) is 9.47 Å². The van der Waals surface area contributed by atoms with Crippen LogP contribution in [0.4, 0.5) is 0 Å². The van der Waals surface area contributed by atoms with E-state index in [1.807, 2.05) is 6.92 Å². The first-order valence-corrected chi connectivity index (χ1v) is 9.44. The van der Waals surface area contributed by atoms with Crippen molar-refractivity contribution in [1.29, 1.82) is 0 Å². The fourth-order valence-electron chi connectivity index (χ4n) is 3.56. The number of likely N-dealkylation sites (tertiary alicyclic amines) is 1. The van der Waals surface area contributed by atoms with Gasteiger partial charge in [0.1, 0.15) is 5.76 Å². The van der Waals surface area contributed by atoms with Crippen molar-refractivity contribution in [2.45, 2.75) is 25.8 Å². The van der Waals surface area contributed by atoms with Gasteiger partial charge in [0.15, 0.2) is 11.5 Å². The number of hydrogen-bond acceptors (Lipinski definition) is 6. The number of Topliss-reactive ketones (excluding diaryl/α,β-unsaturated/α-hetero) is 1. The van der Waals surface area contributed by atoms with E-state index in [2.05, 4.69) is 4.98 Å². The Hall–Kier alpha value is -3.35. The summed E-state index contributed by atoms with van der Waals surface area (Å²) in [7, 11) is 3.02. The molecule has 1 aliphatic heterocycles. The number of para-hydroxylation sites is 1. The number of ether oxygens (including phenoxy) is 2. The van der Waals surface area contributed by atoms with Crippen molar-refractivity contribution >= 4 is 17.4 Å². The number of nitrogens with zero attached hydrogens (tertiary/aromatic N) is 2.